The minimum Gasteiger partial charge on any atom is -0.338 e. The average Bonchev–Trinajstić information content (AvgIpc) is 3.29. The van der Waals surface area contributed by atoms with Gasteiger partial charge in [-0.1, -0.05) is 35.3 Å². The minimum atomic E-state index is 0.499. The molecule has 3 aromatic heterocycles. The predicted octanol–water partition coefficient (Wildman–Crippen LogP) is 2.85. The van der Waals surface area contributed by atoms with E-state index in [-0.39, 0.29) is 0 Å². The highest BCUT2D eigenvalue weighted by Crippen LogP contribution is 2.19. The van der Waals surface area contributed by atoms with Gasteiger partial charge in [0.15, 0.2) is 17.5 Å². The van der Waals surface area contributed by atoms with E-state index in [0.717, 1.165) is 28.1 Å². The van der Waals surface area contributed by atoms with E-state index >= 15 is 0 Å². The molecule has 2 aromatic carbocycles. The van der Waals surface area contributed by atoms with Crippen molar-refractivity contribution < 1.29 is 4.57 Å². The smallest absolute Gasteiger partial charge is 0.306 e. The maximum Gasteiger partial charge on any atom is 0.306 e. The number of nitrogens with zero attached hydrogens (tertiary/aromatic N) is 4. The third kappa shape index (κ3) is 2.29. The molecule has 7 heteroatoms. The lowest BCUT2D eigenvalue weighted by Crippen LogP contribution is -2.31. The Hall–Kier alpha value is -3.74. The number of aromatic amines is 2. The van der Waals surface area contributed by atoms with Crippen LogP contribution in [0.1, 0.15) is 0 Å². The number of H-pyrrole nitrogens is 2. The van der Waals surface area contributed by atoms with Crippen molar-refractivity contribution in [3.63, 3.8) is 0 Å². The first-order chi connectivity index (χ1) is 12.4. The normalized spacial score (nSPS) is 11.2. The largest absolute Gasteiger partial charge is 0.338 e. The van der Waals surface area contributed by atoms with Crippen molar-refractivity contribution in [2.75, 3.05) is 5.32 Å². The SMILES string of the molecule is c1ccc(Nc2nc(-[n+]3c[nH]c4ccccc43)c3[nH]cnc3n2)cc1. The summed E-state index contributed by atoms with van der Waals surface area (Å²) in [5, 5.41) is 3.24. The van der Waals surface area contributed by atoms with E-state index in [1.54, 1.807) is 6.33 Å². The van der Waals surface area contributed by atoms with Crippen LogP contribution in [0.15, 0.2) is 67.3 Å². The number of imidazole rings is 2. The van der Waals surface area contributed by atoms with Crippen LogP contribution in [-0.4, -0.2) is 24.9 Å². The molecule has 0 unspecified atom stereocenters. The Balaban J connectivity index is 1.70. The van der Waals surface area contributed by atoms with Gasteiger partial charge in [0.25, 0.3) is 5.82 Å². The van der Waals surface area contributed by atoms with Gasteiger partial charge in [0, 0.05) is 5.69 Å². The van der Waals surface area contributed by atoms with Gasteiger partial charge in [0.2, 0.25) is 0 Å². The van der Waals surface area contributed by atoms with Crippen molar-refractivity contribution in [1.29, 1.82) is 0 Å². The second-order valence-electron chi connectivity index (χ2n) is 5.62. The van der Waals surface area contributed by atoms with Crippen molar-refractivity contribution in [2.24, 2.45) is 0 Å². The van der Waals surface area contributed by atoms with Crippen LogP contribution in [0.4, 0.5) is 11.6 Å². The summed E-state index contributed by atoms with van der Waals surface area (Å²) in [6, 6.07) is 17.9. The fourth-order valence-electron chi connectivity index (χ4n) is 2.88. The van der Waals surface area contributed by atoms with Crippen LogP contribution in [0.2, 0.25) is 0 Å². The van der Waals surface area contributed by atoms with Crippen LogP contribution in [0.3, 0.4) is 0 Å². The lowest BCUT2D eigenvalue weighted by atomic mass is 10.3. The number of anilines is 2. The Labute approximate surface area is 142 Å². The summed E-state index contributed by atoms with van der Waals surface area (Å²) >= 11 is 0. The summed E-state index contributed by atoms with van der Waals surface area (Å²) in [5.41, 5.74) is 4.39. The van der Waals surface area contributed by atoms with Gasteiger partial charge in [-0.2, -0.15) is 9.55 Å². The summed E-state index contributed by atoms with van der Waals surface area (Å²) < 4.78 is 1.99. The number of benzene rings is 2. The van der Waals surface area contributed by atoms with Crippen molar-refractivity contribution in [1.82, 2.24) is 24.9 Å². The van der Waals surface area contributed by atoms with E-state index in [1.807, 2.05) is 65.5 Å². The first-order valence-corrected chi connectivity index (χ1v) is 7.90. The number of aromatic nitrogens is 6. The third-order valence-corrected chi connectivity index (χ3v) is 4.04. The maximum atomic E-state index is 4.71. The van der Waals surface area contributed by atoms with Gasteiger partial charge in [-0.25, -0.2) is 4.98 Å². The number of fused-ring (bicyclic) bond motifs is 2. The quantitative estimate of drug-likeness (QED) is 0.445. The molecule has 0 amide bonds. The summed E-state index contributed by atoms with van der Waals surface area (Å²) in [6.07, 6.45) is 3.52. The standard InChI is InChI=1S/C18H13N7/c1-2-6-12(7-3-1)22-18-23-16-15(19-10-20-16)17(24-18)25-11-21-13-8-4-5-9-14(13)25/h1-11H,(H2,19,20,22,23,24)/p+1. The molecule has 0 aliphatic carbocycles. The molecule has 3 N–H and O–H groups in total. The Morgan fingerprint density at radius 3 is 2.64 bits per heavy atom. The second-order valence-corrected chi connectivity index (χ2v) is 5.62. The van der Waals surface area contributed by atoms with Gasteiger partial charge >= 0.3 is 5.95 Å². The first-order valence-electron chi connectivity index (χ1n) is 7.90. The molecule has 120 valence electrons. The van der Waals surface area contributed by atoms with Crippen LogP contribution in [0.25, 0.3) is 28.0 Å². The molecular weight excluding hydrogens is 314 g/mol. The zero-order chi connectivity index (χ0) is 16.6. The molecule has 0 saturated carbocycles. The zero-order valence-corrected chi connectivity index (χ0v) is 13.1. The molecule has 0 spiro atoms. The number of nitrogens with one attached hydrogen (secondary N) is 3. The Kier molecular flexibility index (Phi) is 2.96. The molecule has 0 saturated heterocycles. The average molecular weight is 328 g/mol. The highest BCUT2D eigenvalue weighted by Gasteiger charge is 2.20. The first kappa shape index (κ1) is 13.7. The van der Waals surface area contributed by atoms with Crippen molar-refractivity contribution >= 4 is 33.8 Å². The molecule has 0 radical (unpaired) electrons. The lowest BCUT2D eigenvalue weighted by Gasteiger charge is -2.03. The summed E-state index contributed by atoms with van der Waals surface area (Å²) in [6.45, 7) is 0. The van der Waals surface area contributed by atoms with Crippen molar-refractivity contribution in [3.05, 3.63) is 67.3 Å². The van der Waals surface area contributed by atoms with Gasteiger partial charge in [-0.05, 0) is 24.3 Å². The van der Waals surface area contributed by atoms with E-state index < -0.39 is 0 Å². The second kappa shape index (κ2) is 5.41. The predicted molar refractivity (Wildman–Crippen MR) is 94.8 cm³/mol. The van der Waals surface area contributed by atoms with Crippen LogP contribution in [-0.2, 0) is 0 Å². The number of hydrogen-bond donors (Lipinski definition) is 3. The summed E-state index contributed by atoms with van der Waals surface area (Å²) in [7, 11) is 0. The van der Waals surface area contributed by atoms with Crippen molar-refractivity contribution in [3.8, 4) is 5.82 Å². The van der Waals surface area contributed by atoms with Crippen molar-refractivity contribution in [2.45, 2.75) is 0 Å². The molecule has 0 aliphatic heterocycles. The molecule has 0 bridgehead atoms. The van der Waals surface area contributed by atoms with Crippen LogP contribution in [0, 0.1) is 0 Å². The van der Waals surface area contributed by atoms with E-state index in [4.69, 9.17) is 4.98 Å². The maximum absolute atomic E-state index is 4.71. The van der Waals surface area contributed by atoms with Crippen LogP contribution >= 0.6 is 0 Å². The fourth-order valence-corrected chi connectivity index (χ4v) is 2.88. The summed E-state index contributed by atoms with van der Waals surface area (Å²) in [5.74, 6) is 1.23. The molecular formula is C18H14N7+. The molecule has 0 fully saturated rings. The zero-order valence-electron chi connectivity index (χ0n) is 13.1. The Morgan fingerprint density at radius 2 is 1.72 bits per heavy atom. The van der Waals surface area contributed by atoms with Gasteiger partial charge in [-0.3, -0.25) is 4.98 Å². The van der Waals surface area contributed by atoms with E-state index in [1.165, 1.54) is 0 Å². The Morgan fingerprint density at radius 1 is 0.880 bits per heavy atom. The number of rotatable bonds is 3. The van der Waals surface area contributed by atoms with Gasteiger partial charge in [0.1, 0.15) is 11.0 Å². The highest BCUT2D eigenvalue weighted by atomic mass is 15.2. The highest BCUT2D eigenvalue weighted by molar-refractivity contribution is 5.79. The fraction of sp³-hybridized carbons (Fsp3) is 0. The molecule has 25 heavy (non-hydrogen) atoms. The van der Waals surface area contributed by atoms with Gasteiger partial charge in [-0.15, -0.1) is 0 Å². The van der Waals surface area contributed by atoms with Crippen LogP contribution < -0.4 is 9.88 Å². The molecule has 5 aromatic rings. The number of para-hydroxylation sites is 3. The molecule has 0 aliphatic rings. The topological polar surface area (TPSA) is 86.2 Å². The third-order valence-electron chi connectivity index (χ3n) is 4.04. The van der Waals surface area contributed by atoms with Crippen LogP contribution in [0.5, 0.6) is 0 Å². The molecule has 7 nitrogen and oxygen atoms in total. The van der Waals surface area contributed by atoms with E-state index in [9.17, 15) is 0 Å². The monoisotopic (exact) mass is 328 g/mol. The summed E-state index contributed by atoms with van der Waals surface area (Å²) in [4.78, 5) is 19.9. The van der Waals surface area contributed by atoms with Gasteiger partial charge < -0.3 is 10.3 Å². The van der Waals surface area contributed by atoms with Gasteiger partial charge in [0.05, 0.1) is 6.33 Å². The molecule has 5 rings (SSSR count). The minimum absolute atomic E-state index is 0.499. The number of hydrogen-bond acceptors (Lipinski definition) is 4. The van der Waals surface area contributed by atoms with E-state index in [2.05, 4.69) is 25.3 Å². The van der Waals surface area contributed by atoms with E-state index in [0.29, 0.717) is 11.6 Å². The molecule has 0 atom stereocenters. The molecule has 3 heterocycles. The Bertz CT molecular complexity index is 1170. The lowest BCUT2D eigenvalue weighted by molar-refractivity contribution is -0.569.